The van der Waals surface area contributed by atoms with Crippen LogP contribution in [0.15, 0.2) is 60.7 Å². The first-order chi connectivity index (χ1) is 14.1. The fourth-order valence-electron chi connectivity index (χ4n) is 3.57. The molecule has 5 nitrogen and oxygen atoms in total. The molecule has 1 heterocycles. The van der Waals surface area contributed by atoms with Crippen molar-refractivity contribution in [2.75, 3.05) is 32.1 Å². The smallest absolute Gasteiger partial charge is 0.241 e. The lowest BCUT2D eigenvalue weighted by Gasteiger charge is -2.24. The van der Waals surface area contributed by atoms with Gasteiger partial charge in [0.1, 0.15) is 13.2 Å². The summed E-state index contributed by atoms with van der Waals surface area (Å²) < 4.78 is 11.1. The number of benzene rings is 3. The highest BCUT2D eigenvalue weighted by atomic mass is 16.6. The first kappa shape index (κ1) is 19.3. The van der Waals surface area contributed by atoms with E-state index in [2.05, 4.69) is 52.7 Å². The molecular formula is C24H26N2O3. The van der Waals surface area contributed by atoms with E-state index in [1.165, 1.54) is 16.3 Å². The first-order valence-electron chi connectivity index (χ1n) is 9.99. The molecule has 150 valence electrons. The zero-order valence-electron chi connectivity index (χ0n) is 16.9. The van der Waals surface area contributed by atoms with Crippen molar-refractivity contribution in [1.82, 2.24) is 4.90 Å². The highest BCUT2D eigenvalue weighted by Gasteiger charge is 2.19. The monoisotopic (exact) mass is 390 g/mol. The number of hydrogen-bond donors (Lipinski definition) is 1. The first-order valence-corrected chi connectivity index (χ1v) is 9.99. The molecule has 0 aliphatic carbocycles. The van der Waals surface area contributed by atoms with Gasteiger partial charge >= 0.3 is 0 Å². The Balaban J connectivity index is 1.37. The topological polar surface area (TPSA) is 50.8 Å². The van der Waals surface area contributed by atoms with Crippen LogP contribution in [0.1, 0.15) is 12.5 Å². The molecule has 1 unspecified atom stereocenters. The van der Waals surface area contributed by atoms with Crippen molar-refractivity contribution < 1.29 is 14.3 Å². The zero-order valence-corrected chi connectivity index (χ0v) is 16.9. The van der Waals surface area contributed by atoms with Crippen LogP contribution in [0.5, 0.6) is 11.5 Å². The molecule has 5 heteroatoms. The molecule has 0 saturated carbocycles. The summed E-state index contributed by atoms with van der Waals surface area (Å²) in [6.07, 6.45) is 0.888. The SMILES string of the molecule is CC(C(=O)Nc1ccc2c(c1)OCCO2)N(C)CCc1cccc2ccccc12. The molecule has 29 heavy (non-hydrogen) atoms. The molecule has 1 aliphatic heterocycles. The number of fused-ring (bicyclic) bond motifs is 2. The lowest BCUT2D eigenvalue weighted by atomic mass is 10.0. The number of ether oxygens (including phenoxy) is 2. The van der Waals surface area contributed by atoms with E-state index < -0.39 is 0 Å². The molecule has 1 N–H and O–H groups in total. The molecule has 0 fully saturated rings. The van der Waals surface area contributed by atoms with E-state index in [1.807, 2.05) is 32.2 Å². The molecule has 0 aromatic heterocycles. The third-order valence-electron chi connectivity index (χ3n) is 5.46. The number of hydrogen-bond acceptors (Lipinski definition) is 4. The van der Waals surface area contributed by atoms with E-state index in [0.717, 1.165) is 18.7 Å². The second-order valence-electron chi connectivity index (χ2n) is 7.39. The Hall–Kier alpha value is -3.05. The van der Waals surface area contributed by atoms with Crippen LogP contribution in [0.4, 0.5) is 5.69 Å². The Morgan fingerprint density at radius 1 is 1.03 bits per heavy atom. The van der Waals surface area contributed by atoms with Crippen LogP contribution in [0.25, 0.3) is 10.8 Å². The molecule has 3 aromatic rings. The van der Waals surface area contributed by atoms with Crippen LogP contribution < -0.4 is 14.8 Å². The van der Waals surface area contributed by atoms with E-state index >= 15 is 0 Å². The van der Waals surface area contributed by atoms with E-state index in [-0.39, 0.29) is 11.9 Å². The average Bonchev–Trinajstić information content (AvgIpc) is 2.76. The number of nitrogens with one attached hydrogen (secondary N) is 1. The standard InChI is InChI=1S/C24H26N2O3/c1-17(24(27)25-20-10-11-22-23(16-20)29-15-14-28-22)26(2)13-12-19-8-5-7-18-6-3-4-9-21(18)19/h3-11,16-17H,12-15H2,1-2H3,(H,25,27). The molecule has 0 radical (unpaired) electrons. The molecule has 3 aromatic carbocycles. The van der Waals surface area contributed by atoms with Gasteiger partial charge in [-0.25, -0.2) is 0 Å². The number of amides is 1. The summed E-state index contributed by atoms with van der Waals surface area (Å²) in [5.41, 5.74) is 2.02. The van der Waals surface area contributed by atoms with Crippen molar-refractivity contribution in [3.05, 3.63) is 66.2 Å². The maximum Gasteiger partial charge on any atom is 0.241 e. The van der Waals surface area contributed by atoms with Gasteiger partial charge in [0.15, 0.2) is 11.5 Å². The Bertz CT molecular complexity index is 1010. The molecular weight excluding hydrogens is 364 g/mol. The lowest BCUT2D eigenvalue weighted by Crippen LogP contribution is -2.40. The van der Waals surface area contributed by atoms with Gasteiger partial charge in [0.05, 0.1) is 6.04 Å². The van der Waals surface area contributed by atoms with Gasteiger partial charge in [0, 0.05) is 18.3 Å². The van der Waals surface area contributed by atoms with E-state index in [1.54, 1.807) is 0 Å². The van der Waals surface area contributed by atoms with Gasteiger partial charge in [-0.3, -0.25) is 9.69 Å². The maximum absolute atomic E-state index is 12.7. The van der Waals surface area contributed by atoms with Crippen LogP contribution in [0, 0.1) is 0 Å². The second-order valence-corrected chi connectivity index (χ2v) is 7.39. The number of anilines is 1. The fourth-order valence-corrected chi connectivity index (χ4v) is 3.57. The number of nitrogens with zero attached hydrogens (tertiary/aromatic N) is 1. The van der Waals surface area contributed by atoms with Gasteiger partial charge in [-0.05, 0) is 48.9 Å². The summed E-state index contributed by atoms with van der Waals surface area (Å²) in [6, 6.07) is 20.0. The molecule has 1 atom stereocenters. The summed E-state index contributed by atoms with van der Waals surface area (Å²) in [5, 5.41) is 5.51. The van der Waals surface area contributed by atoms with Gasteiger partial charge in [0.25, 0.3) is 0 Å². The highest BCUT2D eigenvalue weighted by molar-refractivity contribution is 5.94. The van der Waals surface area contributed by atoms with Crippen LogP contribution in [-0.2, 0) is 11.2 Å². The second kappa shape index (κ2) is 8.53. The number of carbonyl (C=O) groups is 1. The number of carbonyl (C=O) groups excluding carboxylic acids is 1. The van der Waals surface area contributed by atoms with Gasteiger partial charge in [-0.15, -0.1) is 0 Å². The summed E-state index contributed by atoms with van der Waals surface area (Å²) >= 11 is 0. The maximum atomic E-state index is 12.7. The van der Waals surface area contributed by atoms with Crippen LogP contribution in [0.3, 0.4) is 0 Å². The van der Waals surface area contributed by atoms with Crippen molar-refractivity contribution in [1.29, 1.82) is 0 Å². The molecule has 1 amide bonds. The van der Waals surface area contributed by atoms with Crippen molar-refractivity contribution in [3.63, 3.8) is 0 Å². The zero-order chi connectivity index (χ0) is 20.2. The fraction of sp³-hybridized carbons (Fsp3) is 0.292. The minimum Gasteiger partial charge on any atom is -0.486 e. The van der Waals surface area contributed by atoms with Crippen molar-refractivity contribution in [3.8, 4) is 11.5 Å². The van der Waals surface area contributed by atoms with Crippen molar-refractivity contribution in [2.45, 2.75) is 19.4 Å². The molecule has 0 bridgehead atoms. The Labute approximate surface area is 171 Å². The Morgan fingerprint density at radius 3 is 2.66 bits per heavy atom. The molecule has 0 spiro atoms. The third kappa shape index (κ3) is 4.35. The Morgan fingerprint density at radius 2 is 1.79 bits per heavy atom. The summed E-state index contributed by atoms with van der Waals surface area (Å²) in [4.78, 5) is 14.8. The predicted octanol–water partition coefficient (Wildman–Crippen LogP) is 4.11. The minimum absolute atomic E-state index is 0.0397. The largest absolute Gasteiger partial charge is 0.486 e. The molecule has 4 rings (SSSR count). The van der Waals surface area contributed by atoms with Crippen molar-refractivity contribution >= 4 is 22.4 Å². The quantitative estimate of drug-likeness (QED) is 0.688. The van der Waals surface area contributed by atoms with Crippen LogP contribution >= 0.6 is 0 Å². The van der Waals surface area contributed by atoms with E-state index in [4.69, 9.17) is 9.47 Å². The molecule has 1 aliphatic rings. The van der Waals surface area contributed by atoms with Gasteiger partial charge in [0.2, 0.25) is 5.91 Å². The van der Waals surface area contributed by atoms with Crippen LogP contribution in [-0.4, -0.2) is 43.7 Å². The van der Waals surface area contributed by atoms with Gasteiger partial charge in [-0.1, -0.05) is 42.5 Å². The van der Waals surface area contributed by atoms with Gasteiger partial charge < -0.3 is 14.8 Å². The van der Waals surface area contributed by atoms with Gasteiger partial charge in [-0.2, -0.15) is 0 Å². The van der Waals surface area contributed by atoms with Crippen LogP contribution in [0.2, 0.25) is 0 Å². The van der Waals surface area contributed by atoms with E-state index in [0.29, 0.717) is 24.7 Å². The number of rotatable bonds is 6. The summed E-state index contributed by atoms with van der Waals surface area (Å²) in [5.74, 6) is 1.35. The molecule has 0 saturated heterocycles. The number of likely N-dealkylation sites (N-methyl/N-ethyl adjacent to an activating group) is 1. The third-order valence-corrected chi connectivity index (χ3v) is 5.46. The van der Waals surface area contributed by atoms with Crippen molar-refractivity contribution in [2.24, 2.45) is 0 Å². The summed E-state index contributed by atoms with van der Waals surface area (Å²) in [7, 11) is 1.99. The highest BCUT2D eigenvalue weighted by Crippen LogP contribution is 2.32. The Kier molecular flexibility index (Phi) is 5.67. The minimum atomic E-state index is -0.252. The lowest BCUT2D eigenvalue weighted by molar-refractivity contribution is -0.120. The average molecular weight is 390 g/mol. The predicted molar refractivity (Wildman–Crippen MR) is 116 cm³/mol. The van der Waals surface area contributed by atoms with E-state index in [9.17, 15) is 4.79 Å². The normalized spacial score (nSPS) is 14.0. The summed E-state index contributed by atoms with van der Waals surface area (Å²) in [6.45, 7) is 3.80.